The Bertz CT molecular complexity index is 728. The summed E-state index contributed by atoms with van der Waals surface area (Å²) in [6, 6.07) is 0.864. The fourth-order valence-corrected chi connectivity index (χ4v) is 2.82. The van der Waals surface area contributed by atoms with Gasteiger partial charge in [-0.3, -0.25) is 9.78 Å². The lowest BCUT2D eigenvalue weighted by molar-refractivity contribution is 0.0467. The number of amides is 1. The van der Waals surface area contributed by atoms with Gasteiger partial charge in [-0.25, -0.2) is 4.39 Å². The zero-order chi connectivity index (χ0) is 17.8. The maximum absolute atomic E-state index is 13.9. The second-order valence-electron chi connectivity index (χ2n) is 6.40. The van der Waals surface area contributed by atoms with Crippen molar-refractivity contribution in [3.8, 4) is 0 Å². The molecular weight excluding hydrogens is 327 g/mol. The Morgan fingerprint density at radius 2 is 2.12 bits per heavy atom. The molecular formula is C17H21FN4O3. The van der Waals surface area contributed by atoms with E-state index in [0.29, 0.717) is 24.9 Å². The maximum atomic E-state index is 13.9. The van der Waals surface area contributed by atoms with Crippen molar-refractivity contribution in [2.45, 2.75) is 38.6 Å². The van der Waals surface area contributed by atoms with Gasteiger partial charge in [0.25, 0.3) is 5.91 Å². The van der Waals surface area contributed by atoms with Crippen LogP contribution in [0.3, 0.4) is 0 Å². The highest BCUT2D eigenvalue weighted by atomic mass is 19.1. The summed E-state index contributed by atoms with van der Waals surface area (Å²) >= 11 is 0. The molecule has 1 aliphatic rings. The molecule has 8 heteroatoms. The van der Waals surface area contributed by atoms with Gasteiger partial charge in [0.1, 0.15) is 6.04 Å². The molecule has 1 saturated heterocycles. The molecule has 1 fully saturated rings. The van der Waals surface area contributed by atoms with Crippen molar-refractivity contribution in [2.75, 3.05) is 13.2 Å². The lowest BCUT2D eigenvalue weighted by Crippen LogP contribution is -2.36. The molecule has 0 aromatic carbocycles. The van der Waals surface area contributed by atoms with Gasteiger partial charge in [-0.15, -0.1) is 0 Å². The molecule has 0 bridgehead atoms. The standard InChI is InChI=1S/C17H21FN4O3/c1-10(2)15-21-17(25-22-15)14(11-4-7-24-8-5-11)20-16(23)12-3-6-19-9-13(12)18/h3,6,9-11,14H,4-5,7-8H2,1-2H3,(H,20,23)/t14-/m1/s1. The molecule has 0 saturated carbocycles. The van der Waals surface area contributed by atoms with Gasteiger partial charge in [0.05, 0.1) is 11.8 Å². The Kier molecular flexibility index (Phi) is 5.37. The fourth-order valence-electron chi connectivity index (χ4n) is 2.82. The van der Waals surface area contributed by atoms with E-state index in [1.807, 2.05) is 13.8 Å². The van der Waals surface area contributed by atoms with E-state index >= 15 is 0 Å². The first kappa shape index (κ1) is 17.5. The number of halogens is 1. The number of carbonyl (C=O) groups is 1. The lowest BCUT2D eigenvalue weighted by atomic mass is 9.91. The molecule has 7 nitrogen and oxygen atoms in total. The molecule has 0 radical (unpaired) electrons. The molecule has 0 spiro atoms. The molecule has 25 heavy (non-hydrogen) atoms. The smallest absolute Gasteiger partial charge is 0.255 e. The Morgan fingerprint density at radius 3 is 2.76 bits per heavy atom. The third-order valence-corrected chi connectivity index (χ3v) is 4.28. The number of hydrogen-bond acceptors (Lipinski definition) is 6. The minimum atomic E-state index is -0.667. The predicted molar refractivity (Wildman–Crippen MR) is 86.3 cm³/mol. The summed E-state index contributed by atoms with van der Waals surface area (Å²) in [4.78, 5) is 20.6. The first-order chi connectivity index (χ1) is 12.1. The Morgan fingerprint density at radius 1 is 1.36 bits per heavy atom. The molecule has 0 aliphatic carbocycles. The van der Waals surface area contributed by atoms with Crippen LogP contribution < -0.4 is 5.32 Å². The minimum Gasteiger partial charge on any atom is -0.381 e. The van der Waals surface area contributed by atoms with Crippen molar-refractivity contribution in [3.63, 3.8) is 0 Å². The Balaban J connectivity index is 1.85. The second kappa shape index (κ2) is 7.69. The number of pyridine rings is 1. The topological polar surface area (TPSA) is 90.1 Å². The van der Waals surface area contributed by atoms with E-state index in [2.05, 4.69) is 20.4 Å². The lowest BCUT2D eigenvalue weighted by Gasteiger charge is -2.28. The van der Waals surface area contributed by atoms with Crippen LogP contribution in [0.4, 0.5) is 4.39 Å². The molecule has 3 heterocycles. The quantitative estimate of drug-likeness (QED) is 0.893. The number of nitrogens with one attached hydrogen (secondary N) is 1. The average molecular weight is 348 g/mol. The highest BCUT2D eigenvalue weighted by Crippen LogP contribution is 2.30. The molecule has 1 amide bonds. The largest absolute Gasteiger partial charge is 0.381 e. The Hall–Kier alpha value is -2.35. The average Bonchev–Trinajstić information content (AvgIpc) is 3.11. The maximum Gasteiger partial charge on any atom is 0.255 e. The van der Waals surface area contributed by atoms with Crippen LogP contribution in [0.2, 0.25) is 0 Å². The molecule has 1 atom stereocenters. The van der Waals surface area contributed by atoms with Crippen LogP contribution in [-0.4, -0.2) is 34.2 Å². The number of hydrogen-bond donors (Lipinski definition) is 1. The first-order valence-electron chi connectivity index (χ1n) is 8.38. The molecule has 1 aliphatic heterocycles. The summed E-state index contributed by atoms with van der Waals surface area (Å²) in [5.41, 5.74) is -0.0596. The van der Waals surface area contributed by atoms with E-state index in [0.717, 1.165) is 19.0 Å². The van der Waals surface area contributed by atoms with Crippen LogP contribution in [-0.2, 0) is 4.74 Å². The zero-order valence-corrected chi connectivity index (χ0v) is 14.2. The van der Waals surface area contributed by atoms with Crippen LogP contribution >= 0.6 is 0 Å². The van der Waals surface area contributed by atoms with Gasteiger partial charge in [-0.05, 0) is 24.8 Å². The van der Waals surface area contributed by atoms with E-state index in [9.17, 15) is 9.18 Å². The van der Waals surface area contributed by atoms with Crippen molar-refractivity contribution in [1.82, 2.24) is 20.4 Å². The van der Waals surface area contributed by atoms with Crippen LogP contribution in [0.5, 0.6) is 0 Å². The van der Waals surface area contributed by atoms with Gasteiger partial charge < -0.3 is 14.6 Å². The van der Waals surface area contributed by atoms with Crippen molar-refractivity contribution >= 4 is 5.91 Å². The van der Waals surface area contributed by atoms with E-state index in [4.69, 9.17) is 9.26 Å². The summed E-state index contributed by atoms with van der Waals surface area (Å²) in [7, 11) is 0. The molecule has 2 aromatic rings. The predicted octanol–water partition coefficient (Wildman–Crippen LogP) is 2.62. The summed E-state index contributed by atoms with van der Waals surface area (Å²) in [5.74, 6) is -0.0705. The minimum absolute atomic E-state index is 0.0596. The molecule has 134 valence electrons. The fraction of sp³-hybridized carbons (Fsp3) is 0.529. The van der Waals surface area contributed by atoms with E-state index in [-0.39, 0.29) is 17.4 Å². The number of nitrogens with zero attached hydrogens (tertiary/aromatic N) is 3. The van der Waals surface area contributed by atoms with Gasteiger partial charge in [-0.2, -0.15) is 4.98 Å². The second-order valence-corrected chi connectivity index (χ2v) is 6.40. The summed E-state index contributed by atoms with van der Waals surface area (Å²) in [6.07, 6.45) is 3.90. The van der Waals surface area contributed by atoms with E-state index < -0.39 is 17.8 Å². The molecule has 1 N–H and O–H groups in total. The highest BCUT2D eigenvalue weighted by Gasteiger charge is 2.32. The normalized spacial score (nSPS) is 16.8. The molecule has 3 rings (SSSR count). The highest BCUT2D eigenvalue weighted by molar-refractivity contribution is 5.94. The summed E-state index contributed by atoms with van der Waals surface area (Å²) in [6.45, 7) is 5.13. The van der Waals surface area contributed by atoms with Crippen LogP contribution in [0, 0.1) is 11.7 Å². The third kappa shape index (κ3) is 4.01. The molecule has 2 aromatic heterocycles. The van der Waals surface area contributed by atoms with E-state index in [1.165, 1.54) is 12.3 Å². The van der Waals surface area contributed by atoms with Crippen LogP contribution in [0.1, 0.15) is 60.7 Å². The summed E-state index contributed by atoms with van der Waals surface area (Å²) in [5, 5.41) is 6.83. The first-order valence-corrected chi connectivity index (χ1v) is 8.38. The van der Waals surface area contributed by atoms with Gasteiger partial charge in [-0.1, -0.05) is 19.0 Å². The number of rotatable bonds is 5. The van der Waals surface area contributed by atoms with Crippen molar-refractivity contribution in [3.05, 3.63) is 41.6 Å². The molecule has 0 unspecified atom stereocenters. The van der Waals surface area contributed by atoms with Gasteiger partial charge in [0, 0.05) is 25.3 Å². The van der Waals surface area contributed by atoms with Crippen LogP contribution in [0.15, 0.2) is 23.0 Å². The summed E-state index contributed by atoms with van der Waals surface area (Å²) < 4.78 is 24.6. The monoisotopic (exact) mass is 348 g/mol. The Labute approximate surface area is 145 Å². The third-order valence-electron chi connectivity index (χ3n) is 4.28. The van der Waals surface area contributed by atoms with Crippen molar-refractivity contribution in [1.29, 1.82) is 0 Å². The van der Waals surface area contributed by atoms with Gasteiger partial charge in [0.15, 0.2) is 11.6 Å². The van der Waals surface area contributed by atoms with Crippen LogP contribution in [0.25, 0.3) is 0 Å². The van der Waals surface area contributed by atoms with Gasteiger partial charge in [0.2, 0.25) is 5.89 Å². The van der Waals surface area contributed by atoms with E-state index in [1.54, 1.807) is 0 Å². The number of ether oxygens (including phenoxy) is 1. The number of carbonyl (C=O) groups excluding carboxylic acids is 1. The zero-order valence-electron chi connectivity index (χ0n) is 14.2. The van der Waals surface area contributed by atoms with Crippen molar-refractivity contribution in [2.24, 2.45) is 5.92 Å². The number of aromatic nitrogens is 3. The van der Waals surface area contributed by atoms with Crippen molar-refractivity contribution < 1.29 is 18.4 Å². The van der Waals surface area contributed by atoms with Gasteiger partial charge >= 0.3 is 0 Å². The SMILES string of the molecule is CC(C)c1noc([C@H](NC(=O)c2ccncc2F)C2CCOCC2)n1.